The van der Waals surface area contributed by atoms with Crippen LogP contribution in [0.1, 0.15) is 39.0 Å². The Morgan fingerprint density at radius 1 is 1.33 bits per heavy atom. The summed E-state index contributed by atoms with van der Waals surface area (Å²) in [6, 6.07) is 0. The Kier molecular flexibility index (Phi) is 3.58. The van der Waals surface area contributed by atoms with E-state index in [0.717, 1.165) is 25.7 Å². The first-order valence-electron chi connectivity index (χ1n) is 6.59. The Labute approximate surface area is 106 Å². The number of hydrogen-bond acceptors (Lipinski definition) is 1. The Hall–Kier alpha value is -0.770. The van der Waals surface area contributed by atoms with Gasteiger partial charge >= 0.3 is 6.18 Å². The van der Waals surface area contributed by atoms with E-state index in [4.69, 9.17) is 5.73 Å². The van der Waals surface area contributed by atoms with Crippen molar-refractivity contribution in [3.63, 3.8) is 0 Å². The van der Waals surface area contributed by atoms with Crippen molar-refractivity contribution in [1.29, 1.82) is 0 Å². The number of nitrogens with two attached hydrogens (primary N) is 1. The number of allylic oxidation sites excluding steroid dienone is 3. The highest BCUT2D eigenvalue weighted by molar-refractivity contribution is 5.43. The lowest BCUT2D eigenvalue weighted by Crippen LogP contribution is -2.34. The summed E-state index contributed by atoms with van der Waals surface area (Å²) in [5.41, 5.74) is 5.41. The predicted molar refractivity (Wildman–Crippen MR) is 66.0 cm³/mol. The Morgan fingerprint density at radius 3 is 2.44 bits per heavy atom. The van der Waals surface area contributed by atoms with Crippen LogP contribution in [0.2, 0.25) is 0 Å². The lowest BCUT2D eigenvalue weighted by molar-refractivity contribution is -0.0916. The molecule has 102 valence electrons. The summed E-state index contributed by atoms with van der Waals surface area (Å²) in [4.78, 5) is 0. The largest absolute Gasteiger partial charge is 0.416 e. The second kappa shape index (κ2) is 4.72. The molecule has 2 N–H and O–H groups in total. The third kappa shape index (κ3) is 2.35. The molecular formula is C14H20F3N. The average molecular weight is 259 g/mol. The molecule has 0 aromatic heterocycles. The minimum Gasteiger partial charge on any atom is -0.330 e. The Balaban J connectivity index is 2.41. The summed E-state index contributed by atoms with van der Waals surface area (Å²) in [5.74, 6) is 0.176. The first-order valence-corrected chi connectivity index (χ1v) is 6.59. The number of rotatable bonds is 2. The molecular weight excluding hydrogens is 239 g/mol. The molecule has 0 aromatic carbocycles. The zero-order valence-corrected chi connectivity index (χ0v) is 10.7. The van der Waals surface area contributed by atoms with Crippen LogP contribution in [0.5, 0.6) is 0 Å². The van der Waals surface area contributed by atoms with Crippen molar-refractivity contribution in [3.05, 3.63) is 23.3 Å². The first kappa shape index (κ1) is 13.7. The molecule has 2 aliphatic rings. The van der Waals surface area contributed by atoms with E-state index >= 15 is 0 Å². The normalized spacial score (nSPS) is 27.9. The molecule has 0 radical (unpaired) electrons. The maximum absolute atomic E-state index is 13.1. The highest BCUT2D eigenvalue weighted by Gasteiger charge is 2.46. The maximum Gasteiger partial charge on any atom is 0.416 e. The van der Waals surface area contributed by atoms with Crippen molar-refractivity contribution in [2.24, 2.45) is 17.1 Å². The van der Waals surface area contributed by atoms with E-state index in [2.05, 4.69) is 0 Å². The molecule has 0 unspecified atom stereocenters. The standard InChI is InChI=1S/C14H20F3N/c1-10-4-5-11(14(15,16)17)12(8-10)13(9-18)6-2-3-7-13/h5,8,10H,2-4,6-7,9,18H2,1H3/t10-/m0/s1. The molecule has 0 spiro atoms. The lowest BCUT2D eigenvalue weighted by atomic mass is 9.71. The molecule has 1 fully saturated rings. The number of halogens is 3. The zero-order valence-electron chi connectivity index (χ0n) is 10.7. The highest BCUT2D eigenvalue weighted by Crippen LogP contribution is 2.51. The quantitative estimate of drug-likeness (QED) is 0.798. The molecule has 1 saturated carbocycles. The molecule has 4 heteroatoms. The van der Waals surface area contributed by atoms with Crippen molar-refractivity contribution in [2.45, 2.75) is 45.2 Å². The van der Waals surface area contributed by atoms with E-state index < -0.39 is 17.2 Å². The number of hydrogen-bond donors (Lipinski definition) is 1. The van der Waals surface area contributed by atoms with Crippen LogP contribution in [0.3, 0.4) is 0 Å². The van der Waals surface area contributed by atoms with Crippen molar-refractivity contribution in [3.8, 4) is 0 Å². The summed E-state index contributed by atoms with van der Waals surface area (Å²) in [5, 5.41) is 0. The summed E-state index contributed by atoms with van der Waals surface area (Å²) in [6.45, 7) is 2.28. The zero-order chi connectivity index (χ0) is 13.4. The van der Waals surface area contributed by atoms with E-state index in [9.17, 15) is 13.2 Å². The molecule has 2 rings (SSSR count). The second-order valence-electron chi connectivity index (χ2n) is 5.60. The average Bonchev–Trinajstić information content (AvgIpc) is 2.77. The maximum atomic E-state index is 13.1. The van der Waals surface area contributed by atoms with E-state index in [1.54, 1.807) is 6.08 Å². The van der Waals surface area contributed by atoms with Crippen LogP contribution >= 0.6 is 0 Å². The highest BCUT2D eigenvalue weighted by atomic mass is 19.4. The first-order chi connectivity index (χ1) is 8.39. The van der Waals surface area contributed by atoms with Crippen LogP contribution in [0, 0.1) is 11.3 Å². The van der Waals surface area contributed by atoms with Gasteiger partial charge in [0, 0.05) is 12.0 Å². The van der Waals surface area contributed by atoms with Gasteiger partial charge in [-0.2, -0.15) is 13.2 Å². The van der Waals surface area contributed by atoms with Crippen molar-refractivity contribution in [1.82, 2.24) is 0 Å². The minimum absolute atomic E-state index is 0.176. The van der Waals surface area contributed by atoms with Crippen molar-refractivity contribution in [2.75, 3.05) is 6.54 Å². The number of alkyl halides is 3. The van der Waals surface area contributed by atoms with E-state index in [0.29, 0.717) is 18.5 Å². The molecule has 0 aliphatic heterocycles. The van der Waals surface area contributed by atoms with Gasteiger partial charge in [-0.25, -0.2) is 0 Å². The van der Waals surface area contributed by atoms with Crippen molar-refractivity contribution >= 4 is 0 Å². The van der Waals surface area contributed by atoms with E-state index in [1.807, 2.05) is 6.92 Å². The Bertz CT molecular complexity index is 373. The van der Waals surface area contributed by atoms with Gasteiger partial charge in [-0.05, 0) is 30.8 Å². The molecule has 0 bridgehead atoms. The summed E-state index contributed by atoms with van der Waals surface area (Å²) < 4.78 is 39.4. The van der Waals surface area contributed by atoms with Gasteiger partial charge in [0.15, 0.2) is 0 Å². The van der Waals surface area contributed by atoms with Gasteiger partial charge in [0.25, 0.3) is 0 Å². The van der Waals surface area contributed by atoms with Crippen LogP contribution in [-0.4, -0.2) is 12.7 Å². The van der Waals surface area contributed by atoms with Gasteiger partial charge in [0.1, 0.15) is 0 Å². The SMILES string of the molecule is C[C@@H]1C=C(C2(CN)CCCC2)C(C(F)(F)F)=CC1. The predicted octanol–water partition coefficient (Wildman–Crippen LogP) is 3.96. The third-order valence-corrected chi connectivity index (χ3v) is 4.26. The van der Waals surface area contributed by atoms with E-state index in [-0.39, 0.29) is 5.92 Å². The second-order valence-corrected chi connectivity index (χ2v) is 5.60. The molecule has 1 nitrogen and oxygen atoms in total. The van der Waals surface area contributed by atoms with Gasteiger partial charge in [-0.3, -0.25) is 0 Å². The van der Waals surface area contributed by atoms with Crippen LogP contribution in [0.15, 0.2) is 23.3 Å². The fraction of sp³-hybridized carbons (Fsp3) is 0.714. The van der Waals surface area contributed by atoms with Gasteiger partial charge in [-0.1, -0.05) is 31.9 Å². The van der Waals surface area contributed by atoms with Crippen LogP contribution in [0.4, 0.5) is 13.2 Å². The molecule has 0 heterocycles. The molecule has 0 saturated heterocycles. The van der Waals surface area contributed by atoms with Crippen molar-refractivity contribution < 1.29 is 13.2 Å². The molecule has 0 amide bonds. The van der Waals surface area contributed by atoms with Gasteiger partial charge < -0.3 is 5.73 Å². The summed E-state index contributed by atoms with van der Waals surface area (Å²) in [6.07, 6.45) is 2.92. The van der Waals surface area contributed by atoms with E-state index in [1.165, 1.54) is 6.08 Å². The van der Waals surface area contributed by atoms with Crippen LogP contribution < -0.4 is 5.73 Å². The van der Waals surface area contributed by atoms with Crippen LogP contribution in [-0.2, 0) is 0 Å². The smallest absolute Gasteiger partial charge is 0.330 e. The molecule has 18 heavy (non-hydrogen) atoms. The molecule has 1 atom stereocenters. The lowest BCUT2D eigenvalue weighted by Gasteiger charge is -2.35. The van der Waals surface area contributed by atoms with Gasteiger partial charge in [-0.15, -0.1) is 0 Å². The third-order valence-electron chi connectivity index (χ3n) is 4.26. The molecule has 0 aromatic rings. The minimum atomic E-state index is -4.25. The monoisotopic (exact) mass is 259 g/mol. The fourth-order valence-electron chi connectivity index (χ4n) is 3.22. The van der Waals surface area contributed by atoms with Gasteiger partial charge in [0.2, 0.25) is 0 Å². The van der Waals surface area contributed by atoms with Gasteiger partial charge in [0.05, 0.1) is 5.57 Å². The summed E-state index contributed by atoms with van der Waals surface area (Å²) >= 11 is 0. The Morgan fingerprint density at radius 2 is 1.94 bits per heavy atom. The molecule has 2 aliphatic carbocycles. The fourth-order valence-corrected chi connectivity index (χ4v) is 3.22. The van der Waals surface area contributed by atoms with Crippen LogP contribution in [0.25, 0.3) is 0 Å². The summed E-state index contributed by atoms with van der Waals surface area (Å²) in [7, 11) is 0. The topological polar surface area (TPSA) is 26.0 Å².